The first kappa shape index (κ1) is 14.4. The third-order valence-electron chi connectivity index (χ3n) is 4.37. The van der Waals surface area contributed by atoms with Crippen LogP contribution in [0.4, 0.5) is 6.01 Å². The molecular formula is C18H26N2O. The molecule has 1 aliphatic rings. The van der Waals surface area contributed by atoms with Gasteiger partial charge in [-0.2, -0.15) is 4.98 Å². The molecule has 0 spiro atoms. The number of hydrogen-bond donors (Lipinski definition) is 1. The van der Waals surface area contributed by atoms with E-state index in [1.165, 1.54) is 32.1 Å². The molecular weight excluding hydrogens is 260 g/mol. The second kappa shape index (κ2) is 5.70. The molecule has 1 aromatic carbocycles. The van der Waals surface area contributed by atoms with Crippen molar-refractivity contribution in [2.75, 3.05) is 5.32 Å². The second-order valence-electron chi connectivity index (χ2n) is 7.61. The molecule has 0 radical (unpaired) electrons. The summed E-state index contributed by atoms with van der Waals surface area (Å²) >= 11 is 0. The monoisotopic (exact) mass is 286 g/mol. The van der Waals surface area contributed by atoms with Crippen LogP contribution in [0, 0.1) is 11.3 Å². The van der Waals surface area contributed by atoms with E-state index in [-0.39, 0.29) is 0 Å². The summed E-state index contributed by atoms with van der Waals surface area (Å²) in [7, 11) is 0. The van der Waals surface area contributed by atoms with Gasteiger partial charge >= 0.3 is 0 Å². The van der Waals surface area contributed by atoms with Crippen LogP contribution in [0.1, 0.15) is 52.9 Å². The van der Waals surface area contributed by atoms with Gasteiger partial charge in [0.15, 0.2) is 5.58 Å². The van der Waals surface area contributed by atoms with Crippen LogP contribution in [0.15, 0.2) is 28.7 Å². The minimum absolute atomic E-state index is 0.450. The van der Waals surface area contributed by atoms with Gasteiger partial charge in [0.2, 0.25) is 0 Å². The summed E-state index contributed by atoms with van der Waals surface area (Å²) < 4.78 is 5.76. The number of para-hydroxylation sites is 2. The van der Waals surface area contributed by atoms with E-state index in [1.54, 1.807) is 0 Å². The molecule has 1 saturated carbocycles. The van der Waals surface area contributed by atoms with E-state index in [0.29, 0.717) is 17.5 Å². The minimum Gasteiger partial charge on any atom is -0.424 e. The summed E-state index contributed by atoms with van der Waals surface area (Å²) in [5.74, 6) is 0.881. The summed E-state index contributed by atoms with van der Waals surface area (Å²) in [5, 5.41) is 3.48. The lowest BCUT2D eigenvalue weighted by atomic mass is 9.76. The van der Waals surface area contributed by atoms with Crippen LogP contribution >= 0.6 is 0 Å². The lowest BCUT2D eigenvalue weighted by Gasteiger charge is -2.32. The van der Waals surface area contributed by atoms with Crippen LogP contribution in [0.25, 0.3) is 11.1 Å². The Balaban J connectivity index is 1.55. The van der Waals surface area contributed by atoms with Gasteiger partial charge in [-0.25, -0.2) is 0 Å². The van der Waals surface area contributed by atoms with E-state index in [2.05, 4.69) is 31.1 Å². The first-order valence-corrected chi connectivity index (χ1v) is 8.12. The number of nitrogens with zero attached hydrogens (tertiary/aromatic N) is 1. The molecule has 0 bridgehead atoms. The third-order valence-corrected chi connectivity index (χ3v) is 4.37. The van der Waals surface area contributed by atoms with E-state index in [4.69, 9.17) is 4.42 Å². The van der Waals surface area contributed by atoms with Gasteiger partial charge in [-0.05, 0) is 55.6 Å². The Kier molecular flexibility index (Phi) is 3.92. The topological polar surface area (TPSA) is 38.1 Å². The van der Waals surface area contributed by atoms with Crippen LogP contribution < -0.4 is 5.32 Å². The van der Waals surface area contributed by atoms with Crippen LogP contribution in [-0.4, -0.2) is 11.0 Å². The van der Waals surface area contributed by atoms with Crippen molar-refractivity contribution >= 4 is 17.1 Å². The summed E-state index contributed by atoms with van der Waals surface area (Å²) in [6, 6.07) is 9.11. The van der Waals surface area contributed by atoms with Crippen molar-refractivity contribution < 1.29 is 4.42 Å². The molecule has 0 saturated heterocycles. The Morgan fingerprint density at radius 1 is 1.14 bits per heavy atom. The molecule has 21 heavy (non-hydrogen) atoms. The van der Waals surface area contributed by atoms with Gasteiger partial charge in [-0.3, -0.25) is 0 Å². The second-order valence-corrected chi connectivity index (χ2v) is 7.61. The number of rotatable bonds is 3. The van der Waals surface area contributed by atoms with Crippen LogP contribution in [0.5, 0.6) is 0 Å². The van der Waals surface area contributed by atoms with E-state index in [0.717, 1.165) is 17.0 Å². The maximum atomic E-state index is 5.76. The van der Waals surface area contributed by atoms with Gasteiger partial charge in [-0.15, -0.1) is 0 Å². The summed E-state index contributed by atoms with van der Waals surface area (Å²) in [5.41, 5.74) is 2.24. The SMILES string of the molecule is CC(C)(C)CC1CCC(Nc2nc3ccccc3o2)CC1. The molecule has 0 amide bonds. The predicted octanol–water partition coefficient (Wildman–Crippen LogP) is 5.23. The number of hydrogen-bond acceptors (Lipinski definition) is 3. The standard InChI is InChI=1S/C18H26N2O/c1-18(2,3)12-13-8-10-14(11-9-13)19-17-20-15-6-4-5-7-16(15)21-17/h4-7,13-14H,8-12H2,1-3H3,(H,19,20). The number of oxazole rings is 1. The number of benzene rings is 1. The number of fused-ring (bicyclic) bond motifs is 1. The molecule has 1 heterocycles. The van der Waals surface area contributed by atoms with Crippen molar-refractivity contribution in [3.05, 3.63) is 24.3 Å². The highest BCUT2D eigenvalue weighted by Crippen LogP contribution is 2.35. The van der Waals surface area contributed by atoms with E-state index < -0.39 is 0 Å². The zero-order valence-electron chi connectivity index (χ0n) is 13.4. The third kappa shape index (κ3) is 3.78. The fourth-order valence-corrected chi connectivity index (χ4v) is 3.49. The number of nitrogens with one attached hydrogen (secondary N) is 1. The van der Waals surface area contributed by atoms with Crippen molar-refractivity contribution in [2.45, 2.75) is 58.9 Å². The molecule has 2 aromatic rings. The van der Waals surface area contributed by atoms with Gasteiger partial charge in [0.1, 0.15) is 5.52 Å². The summed E-state index contributed by atoms with van der Waals surface area (Å²) in [6.07, 6.45) is 6.41. The van der Waals surface area contributed by atoms with Gasteiger partial charge in [-0.1, -0.05) is 32.9 Å². The van der Waals surface area contributed by atoms with E-state index in [9.17, 15) is 0 Å². The predicted molar refractivity (Wildman–Crippen MR) is 87.4 cm³/mol. The highest BCUT2D eigenvalue weighted by molar-refractivity contribution is 5.74. The van der Waals surface area contributed by atoms with Crippen molar-refractivity contribution in [3.8, 4) is 0 Å². The number of anilines is 1. The maximum Gasteiger partial charge on any atom is 0.295 e. The molecule has 0 atom stereocenters. The molecule has 1 fully saturated rings. The molecule has 1 N–H and O–H groups in total. The summed E-state index contributed by atoms with van der Waals surface area (Å²) in [4.78, 5) is 4.51. The van der Waals surface area contributed by atoms with Crippen molar-refractivity contribution in [1.82, 2.24) is 4.98 Å². The van der Waals surface area contributed by atoms with Crippen LogP contribution in [-0.2, 0) is 0 Å². The Hall–Kier alpha value is -1.51. The van der Waals surface area contributed by atoms with E-state index >= 15 is 0 Å². The van der Waals surface area contributed by atoms with Gasteiger partial charge < -0.3 is 9.73 Å². The fraction of sp³-hybridized carbons (Fsp3) is 0.611. The highest BCUT2D eigenvalue weighted by Gasteiger charge is 2.25. The normalized spacial score (nSPS) is 23.4. The zero-order valence-corrected chi connectivity index (χ0v) is 13.4. The molecule has 0 aliphatic heterocycles. The lowest BCUT2D eigenvalue weighted by Crippen LogP contribution is -2.27. The smallest absolute Gasteiger partial charge is 0.295 e. The zero-order chi connectivity index (χ0) is 14.9. The Morgan fingerprint density at radius 2 is 1.86 bits per heavy atom. The van der Waals surface area contributed by atoms with Crippen LogP contribution in [0.3, 0.4) is 0 Å². The van der Waals surface area contributed by atoms with Crippen molar-refractivity contribution in [1.29, 1.82) is 0 Å². The summed E-state index contributed by atoms with van der Waals surface area (Å²) in [6.45, 7) is 7.03. The molecule has 1 aromatic heterocycles. The largest absolute Gasteiger partial charge is 0.424 e. The molecule has 0 unspecified atom stereocenters. The Bertz CT molecular complexity index is 556. The molecule has 1 aliphatic carbocycles. The average molecular weight is 286 g/mol. The quantitative estimate of drug-likeness (QED) is 0.839. The molecule has 114 valence electrons. The van der Waals surface area contributed by atoms with Gasteiger partial charge in [0.05, 0.1) is 0 Å². The van der Waals surface area contributed by atoms with E-state index in [1.807, 2.05) is 24.3 Å². The van der Waals surface area contributed by atoms with Crippen LogP contribution in [0.2, 0.25) is 0 Å². The molecule has 3 heteroatoms. The fourth-order valence-electron chi connectivity index (χ4n) is 3.49. The number of aromatic nitrogens is 1. The Labute approximate surface area is 127 Å². The van der Waals surface area contributed by atoms with Crippen molar-refractivity contribution in [2.24, 2.45) is 11.3 Å². The first-order chi connectivity index (χ1) is 9.99. The minimum atomic E-state index is 0.450. The van der Waals surface area contributed by atoms with Gasteiger partial charge in [0.25, 0.3) is 6.01 Å². The average Bonchev–Trinajstić information content (AvgIpc) is 2.81. The van der Waals surface area contributed by atoms with Crippen molar-refractivity contribution in [3.63, 3.8) is 0 Å². The molecule has 3 nitrogen and oxygen atoms in total. The highest BCUT2D eigenvalue weighted by atomic mass is 16.4. The first-order valence-electron chi connectivity index (χ1n) is 8.12. The molecule has 3 rings (SSSR count). The Morgan fingerprint density at radius 3 is 2.52 bits per heavy atom. The maximum absolute atomic E-state index is 5.76. The lowest BCUT2D eigenvalue weighted by molar-refractivity contribution is 0.232. The van der Waals surface area contributed by atoms with Gasteiger partial charge in [0, 0.05) is 6.04 Å².